The van der Waals surface area contributed by atoms with Crippen molar-refractivity contribution in [3.05, 3.63) is 0 Å². The maximum atomic E-state index is 12.8. The van der Waals surface area contributed by atoms with Crippen LogP contribution in [0.25, 0.3) is 0 Å². The van der Waals surface area contributed by atoms with Gasteiger partial charge in [-0.25, -0.2) is 0 Å². The Morgan fingerprint density at radius 2 is 1.86 bits per heavy atom. The summed E-state index contributed by atoms with van der Waals surface area (Å²) in [5.41, 5.74) is 0.136. The van der Waals surface area contributed by atoms with Gasteiger partial charge in [-0.05, 0) is 25.7 Å². The maximum absolute atomic E-state index is 12.8. The number of carbonyl (C=O) groups excluding carboxylic acids is 1. The molecule has 4 aliphatic rings. The third-order valence-corrected chi connectivity index (χ3v) is 7.41. The van der Waals surface area contributed by atoms with Crippen LogP contribution in [0.1, 0.15) is 58.8 Å². The molecule has 4 rings (SSSR count). The molecule has 2 heterocycles. The van der Waals surface area contributed by atoms with Crippen LogP contribution in [0.4, 0.5) is 0 Å². The number of nitrogens with zero attached hydrogens (tertiary/aromatic N) is 2. The SMILES string of the molecule is CN=C(NC1CCN(C(=O)C2CCCCC2)C1)NC1C2CCOC2C1(C)C.I. The number of amides is 1. The summed E-state index contributed by atoms with van der Waals surface area (Å²) >= 11 is 0. The molecule has 4 unspecified atom stereocenters. The summed E-state index contributed by atoms with van der Waals surface area (Å²) in [5, 5.41) is 7.23. The smallest absolute Gasteiger partial charge is 0.225 e. The largest absolute Gasteiger partial charge is 0.377 e. The zero-order valence-corrected chi connectivity index (χ0v) is 19.9. The molecule has 2 aliphatic carbocycles. The molecule has 2 aliphatic heterocycles. The summed E-state index contributed by atoms with van der Waals surface area (Å²) in [6, 6.07) is 0.695. The van der Waals surface area contributed by atoms with Crippen molar-refractivity contribution < 1.29 is 9.53 Å². The third kappa shape index (κ3) is 4.16. The van der Waals surface area contributed by atoms with Crippen molar-refractivity contribution in [1.82, 2.24) is 15.5 Å². The van der Waals surface area contributed by atoms with Gasteiger partial charge in [0.15, 0.2) is 5.96 Å². The molecule has 4 atom stereocenters. The predicted molar refractivity (Wildman–Crippen MR) is 122 cm³/mol. The minimum absolute atomic E-state index is 0. The zero-order valence-electron chi connectivity index (χ0n) is 17.6. The summed E-state index contributed by atoms with van der Waals surface area (Å²) in [4.78, 5) is 19.3. The number of hydrogen-bond donors (Lipinski definition) is 2. The van der Waals surface area contributed by atoms with E-state index in [0.717, 1.165) is 51.3 Å². The minimum Gasteiger partial charge on any atom is -0.377 e. The van der Waals surface area contributed by atoms with Crippen LogP contribution in [0.5, 0.6) is 0 Å². The van der Waals surface area contributed by atoms with E-state index in [-0.39, 0.29) is 35.3 Å². The van der Waals surface area contributed by atoms with Crippen molar-refractivity contribution in [2.45, 2.75) is 77.0 Å². The van der Waals surface area contributed by atoms with Crippen LogP contribution >= 0.6 is 24.0 Å². The lowest BCUT2D eigenvalue weighted by molar-refractivity contribution is -0.135. The second-order valence-corrected chi connectivity index (χ2v) is 9.51. The standard InChI is InChI=1S/C21H36N4O2.HI/c1-21(2)17(16-10-12-27-18(16)21)24-20(22-3)23-15-9-11-25(13-15)19(26)14-7-5-4-6-8-14;/h14-18H,4-13H2,1-3H3,(H2,22,23,24);1H. The van der Waals surface area contributed by atoms with E-state index in [1.165, 1.54) is 19.3 Å². The number of rotatable bonds is 3. The Hall–Kier alpha value is -0.570. The molecule has 0 aromatic heterocycles. The highest BCUT2D eigenvalue weighted by atomic mass is 127. The Kier molecular flexibility index (Phi) is 7.16. The first-order chi connectivity index (χ1) is 13.0. The van der Waals surface area contributed by atoms with Crippen molar-refractivity contribution in [3.63, 3.8) is 0 Å². The predicted octanol–water partition coefficient (Wildman–Crippen LogP) is 2.76. The lowest BCUT2D eigenvalue weighted by Gasteiger charge is -2.55. The van der Waals surface area contributed by atoms with Crippen molar-refractivity contribution >= 4 is 35.8 Å². The van der Waals surface area contributed by atoms with E-state index in [0.29, 0.717) is 30.0 Å². The van der Waals surface area contributed by atoms with Gasteiger partial charge in [0.2, 0.25) is 5.91 Å². The second kappa shape index (κ2) is 9.06. The highest BCUT2D eigenvalue weighted by Gasteiger charge is 2.59. The van der Waals surface area contributed by atoms with Crippen molar-refractivity contribution in [3.8, 4) is 0 Å². The Labute approximate surface area is 186 Å². The number of carbonyl (C=O) groups is 1. The van der Waals surface area contributed by atoms with Crippen LogP contribution in [0.3, 0.4) is 0 Å². The fourth-order valence-electron chi connectivity index (χ4n) is 5.81. The fourth-order valence-corrected chi connectivity index (χ4v) is 5.81. The monoisotopic (exact) mass is 504 g/mol. The van der Waals surface area contributed by atoms with Gasteiger partial charge in [0.05, 0.1) is 6.10 Å². The minimum atomic E-state index is 0. The van der Waals surface area contributed by atoms with Gasteiger partial charge in [-0.15, -0.1) is 24.0 Å². The Morgan fingerprint density at radius 3 is 2.57 bits per heavy atom. The molecule has 7 heteroatoms. The number of aliphatic imine (C=N–C) groups is 1. The van der Waals surface area contributed by atoms with Gasteiger partial charge in [-0.2, -0.15) is 0 Å². The number of ether oxygens (including phenoxy) is 1. The molecule has 4 fully saturated rings. The summed E-state index contributed by atoms with van der Waals surface area (Å²) in [6.07, 6.45) is 8.40. The van der Waals surface area contributed by atoms with E-state index in [4.69, 9.17) is 4.74 Å². The average molecular weight is 504 g/mol. The molecule has 2 saturated heterocycles. The Bertz CT molecular complexity index is 591. The Morgan fingerprint density at radius 1 is 1.11 bits per heavy atom. The Balaban J connectivity index is 0.00000225. The quantitative estimate of drug-likeness (QED) is 0.353. The normalized spacial score (nSPS) is 35.0. The topological polar surface area (TPSA) is 66.0 Å². The molecule has 0 aromatic carbocycles. The van der Waals surface area contributed by atoms with Crippen LogP contribution in [-0.2, 0) is 9.53 Å². The molecule has 0 spiro atoms. The van der Waals surface area contributed by atoms with Crippen molar-refractivity contribution in [1.29, 1.82) is 0 Å². The number of hydrogen-bond acceptors (Lipinski definition) is 3. The van der Waals surface area contributed by atoms with Crippen molar-refractivity contribution in [2.24, 2.45) is 22.2 Å². The van der Waals surface area contributed by atoms with Gasteiger partial charge < -0.3 is 20.3 Å². The van der Waals surface area contributed by atoms with Gasteiger partial charge in [-0.3, -0.25) is 9.79 Å². The number of fused-ring (bicyclic) bond motifs is 1. The molecule has 0 bridgehead atoms. The average Bonchev–Trinajstić information content (AvgIpc) is 3.33. The molecule has 2 saturated carbocycles. The molecule has 1 amide bonds. The zero-order chi connectivity index (χ0) is 19.0. The first-order valence-corrected chi connectivity index (χ1v) is 10.9. The van der Waals surface area contributed by atoms with Gasteiger partial charge in [0.25, 0.3) is 0 Å². The van der Waals surface area contributed by atoms with E-state index in [9.17, 15) is 4.79 Å². The molecule has 0 radical (unpaired) electrons. The molecule has 0 aromatic rings. The number of guanidine groups is 1. The van der Waals surface area contributed by atoms with E-state index < -0.39 is 0 Å². The molecular formula is C21H37IN4O2. The summed E-state index contributed by atoms with van der Waals surface area (Å²) in [7, 11) is 1.84. The van der Waals surface area contributed by atoms with Gasteiger partial charge in [0, 0.05) is 56.1 Å². The van der Waals surface area contributed by atoms with E-state index in [1.54, 1.807) is 0 Å². The molecule has 160 valence electrons. The van der Waals surface area contributed by atoms with Crippen LogP contribution < -0.4 is 10.6 Å². The van der Waals surface area contributed by atoms with E-state index in [1.807, 2.05) is 7.05 Å². The van der Waals surface area contributed by atoms with Crippen LogP contribution in [0, 0.1) is 17.3 Å². The van der Waals surface area contributed by atoms with Crippen LogP contribution in [0.15, 0.2) is 4.99 Å². The van der Waals surface area contributed by atoms with E-state index in [2.05, 4.69) is 34.4 Å². The third-order valence-electron chi connectivity index (χ3n) is 7.41. The van der Waals surface area contributed by atoms with Gasteiger partial charge in [0.1, 0.15) is 0 Å². The highest BCUT2D eigenvalue weighted by Crippen LogP contribution is 2.52. The van der Waals surface area contributed by atoms with Gasteiger partial charge in [-0.1, -0.05) is 33.1 Å². The first kappa shape index (κ1) is 22.1. The summed E-state index contributed by atoms with van der Waals surface area (Å²) < 4.78 is 5.90. The lowest BCUT2D eigenvalue weighted by Crippen LogP contribution is -2.68. The molecular weight excluding hydrogens is 467 g/mol. The summed E-state index contributed by atoms with van der Waals surface area (Å²) in [5.74, 6) is 2.11. The summed E-state index contributed by atoms with van der Waals surface area (Å²) in [6.45, 7) is 7.12. The second-order valence-electron chi connectivity index (χ2n) is 9.51. The highest BCUT2D eigenvalue weighted by molar-refractivity contribution is 14.0. The van der Waals surface area contributed by atoms with Crippen LogP contribution in [-0.4, -0.2) is 61.7 Å². The van der Waals surface area contributed by atoms with E-state index >= 15 is 0 Å². The lowest BCUT2D eigenvalue weighted by atomic mass is 9.57. The molecule has 6 nitrogen and oxygen atoms in total. The van der Waals surface area contributed by atoms with Crippen LogP contribution in [0.2, 0.25) is 0 Å². The van der Waals surface area contributed by atoms with Crippen molar-refractivity contribution in [2.75, 3.05) is 26.7 Å². The first-order valence-electron chi connectivity index (χ1n) is 10.9. The number of nitrogens with one attached hydrogen (secondary N) is 2. The molecule has 28 heavy (non-hydrogen) atoms. The maximum Gasteiger partial charge on any atom is 0.225 e. The molecule has 2 N–H and O–H groups in total. The number of likely N-dealkylation sites (tertiary alicyclic amines) is 1. The fraction of sp³-hybridized carbons (Fsp3) is 0.905. The van der Waals surface area contributed by atoms with Gasteiger partial charge >= 0.3 is 0 Å². The number of halogens is 1.